The minimum atomic E-state index is -0.0181. The first-order valence-electron chi connectivity index (χ1n) is 8.21. The summed E-state index contributed by atoms with van der Waals surface area (Å²) >= 11 is 0. The molecule has 1 aliphatic heterocycles. The summed E-state index contributed by atoms with van der Waals surface area (Å²) in [5, 5.41) is 3.07. The molecule has 0 bridgehead atoms. The number of nitrogens with zero attached hydrogens (tertiary/aromatic N) is 2. The molecule has 0 aliphatic carbocycles. The third-order valence-electron chi connectivity index (χ3n) is 4.27. The Morgan fingerprint density at radius 3 is 3.17 bits per heavy atom. The van der Waals surface area contributed by atoms with E-state index in [0.29, 0.717) is 6.42 Å². The summed E-state index contributed by atoms with van der Waals surface area (Å²) in [6, 6.07) is 8.12. The van der Waals surface area contributed by atoms with Gasteiger partial charge in [-0.15, -0.1) is 0 Å². The van der Waals surface area contributed by atoms with E-state index >= 15 is 0 Å². The van der Waals surface area contributed by atoms with Crippen LogP contribution < -0.4 is 5.32 Å². The number of amides is 1. The first-order chi connectivity index (χ1) is 11.2. The fourth-order valence-electron chi connectivity index (χ4n) is 2.93. The van der Waals surface area contributed by atoms with Crippen LogP contribution in [0.1, 0.15) is 44.2 Å². The second-order valence-electron chi connectivity index (χ2n) is 6.03. The van der Waals surface area contributed by atoms with Crippen molar-refractivity contribution in [2.24, 2.45) is 0 Å². The number of carbonyl (C=O) groups is 1. The second kappa shape index (κ2) is 7.42. The van der Waals surface area contributed by atoms with Crippen LogP contribution >= 0.6 is 0 Å². The molecule has 23 heavy (non-hydrogen) atoms. The minimum Gasteiger partial charge on any atom is -0.378 e. The van der Waals surface area contributed by atoms with Gasteiger partial charge in [0.1, 0.15) is 0 Å². The molecule has 2 heterocycles. The average molecular weight is 313 g/mol. The van der Waals surface area contributed by atoms with Crippen molar-refractivity contribution in [3.63, 3.8) is 0 Å². The van der Waals surface area contributed by atoms with Gasteiger partial charge in [0.25, 0.3) is 0 Å². The van der Waals surface area contributed by atoms with Gasteiger partial charge in [0, 0.05) is 31.1 Å². The number of rotatable bonds is 6. The summed E-state index contributed by atoms with van der Waals surface area (Å²) in [7, 11) is 0. The van der Waals surface area contributed by atoms with Crippen molar-refractivity contribution >= 4 is 5.91 Å². The average Bonchev–Trinajstić information content (AvgIpc) is 3.26. The van der Waals surface area contributed by atoms with Gasteiger partial charge in [-0.3, -0.25) is 4.79 Å². The van der Waals surface area contributed by atoms with E-state index in [2.05, 4.69) is 16.4 Å². The summed E-state index contributed by atoms with van der Waals surface area (Å²) in [6.45, 7) is 2.85. The maximum absolute atomic E-state index is 12.1. The van der Waals surface area contributed by atoms with Gasteiger partial charge in [0.15, 0.2) is 0 Å². The summed E-state index contributed by atoms with van der Waals surface area (Å²) in [4.78, 5) is 16.2. The zero-order valence-electron chi connectivity index (χ0n) is 13.4. The van der Waals surface area contributed by atoms with Gasteiger partial charge >= 0.3 is 0 Å². The standard InChI is InChI=1S/C18H23N3O2/c1-14(20-18(22)8-7-17-6-3-11-23-17)15-4-2-5-16(12-15)21-10-9-19-13-21/h2,4-5,9-10,12-14,17H,3,6-8,11H2,1H3,(H,20,22)/t14-,17+/m0/s1. The maximum atomic E-state index is 12.1. The second-order valence-corrected chi connectivity index (χ2v) is 6.03. The van der Waals surface area contributed by atoms with Gasteiger partial charge in [-0.25, -0.2) is 4.98 Å². The van der Waals surface area contributed by atoms with Crippen LogP contribution in [0.15, 0.2) is 43.0 Å². The van der Waals surface area contributed by atoms with Crippen molar-refractivity contribution in [1.29, 1.82) is 0 Å². The number of nitrogens with one attached hydrogen (secondary N) is 1. The van der Waals surface area contributed by atoms with Crippen molar-refractivity contribution in [3.8, 4) is 5.69 Å². The summed E-state index contributed by atoms with van der Waals surface area (Å²) in [5.41, 5.74) is 2.13. The molecule has 0 radical (unpaired) electrons. The largest absolute Gasteiger partial charge is 0.378 e. The van der Waals surface area contributed by atoms with Crippen molar-refractivity contribution in [3.05, 3.63) is 48.5 Å². The SMILES string of the molecule is C[C@H](NC(=O)CC[C@H]1CCCO1)c1cccc(-n2ccnc2)c1. The lowest BCUT2D eigenvalue weighted by molar-refractivity contribution is -0.122. The van der Waals surface area contributed by atoms with Gasteiger partial charge in [0.2, 0.25) is 5.91 Å². The first kappa shape index (κ1) is 15.7. The Morgan fingerprint density at radius 2 is 2.43 bits per heavy atom. The lowest BCUT2D eigenvalue weighted by atomic mass is 10.1. The maximum Gasteiger partial charge on any atom is 0.220 e. The molecule has 1 aliphatic rings. The molecule has 5 nitrogen and oxygen atoms in total. The van der Waals surface area contributed by atoms with E-state index < -0.39 is 0 Å². The first-order valence-corrected chi connectivity index (χ1v) is 8.21. The third kappa shape index (κ3) is 4.20. The highest BCUT2D eigenvalue weighted by Gasteiger charge is 2.17. The van der Waals surface area contributed by atoms with Crippen molar-refractivity contribution in [2.45, 2.75) is 44.8 Å². The molecule has 1 aromatic heterocycles. The van der Waals surface area contributed by atoms with E-state index in [-0.39, 0.29) is 18.1 Å². The minimum absolute atomic E-state index is 0.0181. The van der Waals surface area contributed by atoms with Gasteiger partial charge < -0.3 is 14.6 Å². The van der Waals surface area contributed by atoms with E-state index in [0.717, 1.165) is 37.1 Å². The molecule has 1 fully saturated rings. The molecule has 2 atom stereocenters. The molecule has 2 aromatic rings. The number of imidazole rings is 1. The fourth-order valence-corrected chi connectivity index (χ4v) is 2.93. The molecular weight excluding hydrogens is 290 g/mol. The van der Waals surface area contributed by atoms with Gasteiger partial charge in [-0.05, 0) is 43.9 Å². The molecule has 1 amide bonds. The lowest BCUT2D eigenvalue weighted by Gasteiger charge is -2.16. The zero-order valence-corrected chi connectivity index (χ0v) is 13.4. The molecule has 0 saturated carbocycles. The summed E-state index contributed by atoms with van der Waals surface area (Å²) in [5.74, 6) is 0.0843. The van der Waals surface area contributed by atoms with Crippen LogP contribution in [0.2, 0.25) is 0 Å². The Labute approximate surface area is 136 Å². The van der Waals surface area contributed by atoms with Gasteiger partial charge in [0.05, 0.1) is 18.5 Å². The molecule has 1 saturated heterocycles. The number of carbonyl (C=O) groups excluding carboxylic acids is 1. The highest BCUT2D eigenvalue weighted by molar-refractivity contribution is 5.76. The van der Waals surface area contributed by atoms with Crippen LogP contribution in [-0.2, 0) is 9.53 Å². The predicted octanol–water partition coefficient (Wildman–Crippen LogP) is 3.01. The van der Waals surface area contributed by atoms with Crippen molar-refractivity contribution in [1.82, 2.24) is 14.9 Å². The Bertz CT molecular complexity index is 633. The van der Waals surface area contributed by atoms with Gasteiger partial charge in [-0.2, -0.15) is 0 Å². The molecule has 1 N–H and O–H groups in total. The molecule has 122 valence electrons. The number of hydrogen-bond acceptors (Lipinski definition) is 3. The van der Waals surface area contributed by atoms with Crippen LogP contribution in [-0.4, -0.2) is 28.2 Å². The Morgan fingerprint density at radius 1 is 1.52 bits per heavy atom. The lowest BCUT2D eigenvalue weighted by Crippen LogP contribution is -2.27. The number of ether oxygens (including phenoxy) is 1. The third-order valence-corrected chi connectivity index (χ3v) is 4.27. The zero-order chi connectivity index (χ0) is 16.1. The summed E-state index contributed by atoms with van der Waals surface area (Å²) < 4.78 is 7.52. The topological polar surface area (TPSA) is 56.1 Å². The van der Waals surface area contributed by atoms with E-state index in [1.165, 1.54) is 0 Å². The molecule has 1 aromatic carbocycles. The molecule has 5 heteroatoms. The smallest absolute Gasteiger partial charge is 0.220 e. The van der Waals surface area contributed by atoms with Crippen LogP contribution in [0.25, 0.3) is 5.69 Å². The fraction of sp³-hybridized carbons (Fsp3) is 0.444. The molecule has 0 unspecified atom stereocenters. The number of hydrogen-bond donors (Lipinski definition) is 1. The van der Waals surface area contributed by atoms with E-state index in [1.54, 1.807) is 12.5 Å². The Kier molecular flexibility index (Phi) is 5.08. The number of benzene rings is 1. The quantitative estimate of drug-likeness (QED) is 0.892. The highest BCUT2D eigenvalue weighted by atomic mass is 16.5. The van der Waals surface area contributed by atoms with E-state index in [9.17, 15) is 4.79 Å². The normalized spacial score (nSPS) is 18.7. The van der Waals surface area contributed by atoms with Crippen LogP contribution in [0.4, 0.5) is 0 Å². The van der Waals surface area contributed by atoms with Crippen LogP contribution in [0.3, 0.4) is 0 Å². The predicted molar refractivity (Wildman–Crippen MR) is 88.3 cm³/mol. The Balaban J connectivity index is 1.56. The van der Waals surface area contributed by atoms with E-state index in [1.807, 2.05) is 35.9 Å². The van der Waals surface area contributed by atoms with Crippen molar-refractivity contribution in [2.75, 3.05) is 6.61 Å². The van der Waals surface area contributed by atoms with Crippen molar-refractivity contribution < 1.29 is 9.53 Å². The van der Waals surface area contributed by atoms with Crippen LogP contribution in [0.5, 0.6) is 0 Å². The molecule has 0 spiro atoms. The monoisotopic (exact) mass is 313 g/mol. The van der Waals surface area contributed by atoms with E-state index in [4.69, 9.17) is 4.74 Å². The summed E-state index contributed by atoms with van der Waals surface area (Å²) in [6.07, 6.45) is 9.22. The number of aromatic nitrogens is 2. The van der Waals surface area contributed by atoms with Gasteiger partial charge in [-0.1, -0.05) is 12.1 Å². The highest BCUT2D eigenvalue weighted by Crippen LogP contribution is 2.19. The Hall–Kier alpha value is -2.14. The molecule has 3 rings (SSSR count). The molecular formula is C18H23N3O2. The van der Waals surface area contributed by atoms with Crippen LogP contribution in [0, 0.1) is 0 Å².